The molecule has 28 heavy (non-hydrogen) atoms. The zero-order valence-corrected chi connectivity index (χ0v) is 17.4. The van der Waals surface area contributed by atoms with Gasteiger partial charge in [-0.15, -0.1) is 0 Å². The molecule has 0 unspecified atom stereocenters. The molecule has 2 heterocycles. The first-order chi connectivity index (χ1) is 13.5. The van der Waals surface area contributed by atoms with Crippen LogP contribution >= 0.6 is 0 Å². The lowest BCUT2D eigenvalue weighted by Gasteiger charge is -2.34. The summed E-state index contributed by atoms with van der Waals surface area (Å²) in [6.45, 7) is 13.4. The number of aromatic nitrogens is 2. The molecule has 0 aliphatic carbocycles. The number of nitrogens with zero attached hydrogens (tertiary/aromatic N) is 5. The van der Waals surface area contributed by atoms with Crippen molar-refractivity contribution >= 4 is 11.9 Å². The third-order valence-corrected chi connectivity index (χ3v) is 5.24. The van der Waals surface area contributed by atoms with Gasteiger partial charge in [0.25, 0.3) is 5.91 Å². The van der Waals surface area contributed by atoms with E-state index in [9.17, 15) is 4.79 Å². The summed E-state index contributed by atoms with van der Waals surface area (Å²) in [6.07, 6.45) is 0. The van der Waals surface area contributed by atoms with Crippen molar-refractivity contribution in [1.29, 1.82) is 0 Å². The molecule has 0 saturated carbocycles. The maximum atomic E-state index is 13.0. The Morgan fingerprint density at radius 1 is 1.11 bits per heavy atom. The van der Waals surface area contributed by atoms with Crippen molar-refractivity contribution in [3.8, 4) is 0 Å². The van der Waals surface area contributed by atoms with Crippen molar-refractivity contribution in [2.45, 2.75) is 40.3 Å². The van der Waals surface area contributed by atoms with Crippen molar-refractivity contribution in [3.63, 3.8) is 0 Å². The number of carbonyl (C=O) groups excluding carboxylic acids is 1. The smallest absolute Gasteiger partial charge is 0.272 e. The third-order valence-electron chi connectivity index (χ3n) is 5.24. The Bertz CT molecular complexity index is 785. The van der Waals surface area contributed by atoms with E-state index in [1.807, 2.05) is 30.0 Å². The van der Waals surface area contributed by atoms with Crippen LogP contribution in [0.4, 0.5) is 5.95 Å². The van der Waals surface area contributed by atoms with E-state index in [2.05, 4.69) is 52.7 Å². The fraction of sp³-hybridized carbons (Fsp3) is 0.500. The van der Waals surface area contributed by atoms with Crippen LogP contribution in [-0.4, -0.2) is 64.4 Å². The number of aryl methyl sites for hydroxylation is 1. The molecule has 6 nitrogen and oxygen atoms in total. The second-order valence-corrected chi connectivity index (χ2v) is 7.63. The molecule has 0 radical (unpaired) electrons. The molecule has 1 aliphatic heterocycles. The highest BCUT2D eigenvalue weighted by Gasteiger charge is 2.24. The Kier molecular flexibility index (Phi) is 6.62. The molecule has 1 saturated heterocycles. The minimum absolute atomic E-state index is 0.00548. The second kappa shape index (κ2) is 9.15. The van der Waals surface area contributed by atoms with E-state index in [4.69, 9.17) is 0 Å². The summed E-state index contributed by atoms with van der Waals surface area (Å²) in [5.41, 5.74) is 2.51. The van der Waals surface area contributed by atoms with Gasteiger partial charge >= 0.3 is 0 Å². The van der Waals surface area contributed by atoms with Gasteiger partial charge in [-0.3, -0.25) is 4.79 Å². The van der Waals surface area contributed by atoms with E-state index in [0.717, 1.165) is 38.4 Å². The zero-order valence-electron chi connectivity index (χ0n) is 17.4. The summed E-state index contributed by atoms with van der Waals surface area (Å²) in [5.74, 6) is 0.625. The van der Waals surface area contributed by atoms with Crippen LogP contribution < -0.4 is 4.90 Å². The number of likely N-dealkylation sites (N-methyl/N-ethyl adjacent to an activating group) is 1. The van der Waals surface area contributed by atoms with Crippen molar-refractivity contribution < 1.29 is 4.79 Å². The van der Waals surface area contributed by atoms with E-state index in [-0.39, 0.29) is 11.9 Å². The van der Waals surface area contributed by atoms with E-state index in [0.29, 0.717) is 18.2 Å². The van der Waals surface area contributed by atoms with Crippen LogP contribution in [0.5, 0.6) is 0 Å². The molecular weight excluding hydrogens is 350 g/mol. The number of rotatable bonds is 6. The highest BCUT2D eigenvalue weighted by atomic mass is 16.2. The lowest BCUT2D eigenvalue weighted by molar-refractivity contribution is 0.0637. The SMILES string of the molecule is CCN1CCN(C(=O)c2cc(C)nc(N(Cc3ccccc3)C(C)C)n2)CC1. The van der Waals surface area contributed by atoms with Crippen LogP contribution in [0.3, 0.4) is 0 Å². The molecular formula is C22H31N5O. The Balaban J connectivity index is 1.82. The third kappa shape index (κ3) is 4.87. The first kappa shape index (κ1) is 20.3. The topological polar surface area (TPSA) is 52.6 Å². The van der Waals surface area contributed by atoms with Crippen molar-refractivity contribution in [2.24, 2.45) is 0 Å². The van der Waals surface area contributed by atoms with Gasteiger partial charge in [0.1, 0.15) is 5.69 Å². The number of hydrogen-bond acceptors (Lipinski definition) is 5. The van der Waals surface area contributed by atoms with Gasteiger partial charge in [-0.2, -0.15) is 0 Å². The van der Waals surface area contributed by atoms with Crippen LogP contribution in [-0.2, 0) is 6.54 Å². The molecule has 150 valence electrons. The van der Waals surface area contributed by atoms with Crippen LogP contribution in [0.15, 0.2) is 36.4 Å². The summed E-state index contributed by atoms with van der Waals surface area (Å²) >= 11 is 0. The predicted octanol–water partition coefficient (Wildman–Crippen LogP) is 2.98. The molecule has 0 bridgehead atoms. The van der Waals surface area contributed by atoms with E-state index >= 15 is 0 Å². The van der Waals surface area contributed by atoms with Gasteiger partial charge in [-0.25, -0.2) is 9.97 Å². The molecule has 1 aliphatic rings. The van der Waals surface area contributed by atoms with Crippen LogP contribution in [0.25, 0.3) is 0 Å². The minimum atomic E-state index is 0.00548. The first-order valence-corrected chi connectivity index (χ1v) is 10.2. The molecule has 0 N–H and O–H groups in total. The van der Waals surface area contributed by atoms with Gasteiger partial charge < -0.3 is 14.7 Å². The van der Waals surface area contributed by atoms with Crippen molar-refractivity contribution in [2.75, 3.05) is 37.6 Å². The van der Waals surface area contributed by atoms with E-state index in [1.165, 1.54) is 5.56 Å². The van der Waals surface area contributed by atoms with Crippen LogP contribution in [0, 0.1) is 6.92 Å². The Morgan fingerprint density at radius 3 is 2.39 bits per heavy atom. The van der Waals surface area contributed by atoms with Gasteiger partial charge in [-0.05, 0) is 38.9 Å². The van der Waals surface area contributed by atoms with Gasteiger partial charge in [0, 0.05) is 44.5 Å². The zero-order chi connectivity index (χ0) is 20.1. The summed E-state index contributed by atoms with van der Waals surface area (Å²) in [6, 6.07) is 12.3. The van der Waals surface area contributed by atoms with Gasteiger partial charge in [0.05, 0.1) is 0 Å². The number of piperazine rings is 1. The second-order valence-electron chi connectivity index (χ2n) is 7.63. The fourth-order valence-electron chi connectivity index (χ4n) is 3.48. The molecule has 1 aromatic carbocycles. The van der Waals surface area contributed by atoms with Gasteiger partial charge in [0.15, 0.2) is 0 Å². The molecule has 6 heteroatoms. The van der Waals surface area contributed by atoms with Crippen molar-refractivity contribution in [3.05, 3.63) is 53.3 Å². The van der Waals surface area contributed by atoms with E-state index < -0.39 is 0 Å². The van der Waals surface area contributed by atoms with Gasteiger partial charge in [0.2, 0.25) is 5.95 Å². The number of hydrogen-bond donors (Lipinski definition) is 0. The number of benzene rings is 1. The van der Waals surface area contributed by atoms with Crippen LogP contribution in [0.1, 0.15) is 42.5 Å². The maximum absolute atomic E-state index is 13.0. The molecule has 3 rings (SSSR count). The monoisotopic (exact) mass is 381 g/mol. The number of carbonyl (C=O) groups is 1. The quantitative estimate of drug-likeness (QED) is 0.770. The molecule has 2 aromatic rings. The molecule has 1 fully saturated rings. The lowest BCUT2D eigenvalue weighted by Crippen LogP contribution is -2.48. The average molecular weight is 382 g/mol. The normalized spacial score (nSPS) is 15.1. The predicted molar refractivity (Wildman–Crippen MR) is 113 cm³/mol. The molecule has 1 amide bonds. The molecule has 0 spiro atoms. The Morgan fingerprint density at radius 2 is 1.79 bits per heavy atom. The van der Waals surface area contributed by atoms with Gasteiger partial charge in [-0.1, -0.05) is 37.3 Å². The number of anilines is 1. The number of amides is 1. The molecule has 0 atom stereocenters. The van der Waals surface area contributed by atoms with E-state index in [1.54, 1.807) is 6.07 Å². The summed E-state index contributed by atoms with van der Waals surface area (Å²) < 4.78 is 0. The molecule has 1 aromatic heterocycles. The Hall–Kier alpha value is -2.47. The van der Waals surface area contributed by atoms with Crippen molar-refractivity contribution in [1.82, 2.24) is 19.8 Å². The lowest BCUT2D eigenvalue weighted by atomic mass is 10.2. The Labute approximate surface area is 168 Å². The maximum Gasteiger partial charge on any atom is 0.272 e. The largest absolute Gasteiger partial charge is 0.335 e. The summed E-state index contributed by atoms with van der Waals surface area (Å²) in [4.78, 5) is 28.8. The standard InChI is InChI=1S/C22H31N5O/c1-5-25-11-13-26(14-12-25)21(28)20-15-18(4)23-22(24-20)27(17(2)3)16-19-9-7-6-8-10-19/h6-10,15,17H,5,11-14,16H2,1-4H3. The minimum Gasteiger partial charge on any atom is -0.335 e. The average Bonchev–Trinajstić information content (AvgIpc) is 2.71. The fourth-order valence-corrected chi connectivity index (χ4v) is 3.48. The summed E-state index contributed by atoms with van der Waals surface area (Å²) in [7, 11) is 0. The summed E-state index contributed by atoms with van der Waals surface area (Å²) in [5, 5.41) is 0. The van der Waals surface area contributed by atoms with Crippen LogP contribution in [0.2, 0.25) is 0 Å². The highest BCUT2D eigenvalue weighted by molar-refractivity contribution is 5.92. The highest BCUT2D eigenvalue weighted by Crippen LogP contribution is 2.18. The first-order valence-electron chi connectivity index (χ1n) is 10.2.